The Kier molecular flexibility index (Phi) is 4.81. The van der Waals surface area contributed by atoms with E-state index in [9.17, 15) is 0 Å². The van der Waals surface area contributed by atoms with Crippen LogP contribution in [0, 0.1) is 0 Å². The molecule has 0 amide bonds. The van der Waals surface area contributed by atoms with Crippen molar-refractivity contribution in [1.29, 1.82) is 0 Å². The first-order valence-electron chi connectivity index (χ1n) is 4.77. The molecule has 2 heteroatoms. The lowest BCUT2D eigenvalue weighted by Gasteiger charge is -1.92. The fraction of sp³-hybridized carbons (Fsp3) is 0.0769. The van der Waals surface area contributed by atoms with Gasteiger partial charge in [-0.25, -0.2) is 9.98 Å². The van der Waals surface area contributed by atoms with Crippen molar-refractivity contribution < 1.29 is 0 Å². The van der Waals surface area contributed by atoms with Gasteiger partial charge in [-0.15, -0.1) is 0 Å². The molecule has 2 nitrogen and oxygen atoms in total. The molecule has 0 spiro atoms. The highest BCUT2D eigenvalue weighted by Crippen LogP contribution is 2.01. The first-order valence-corrected chi connectivity index (χ1v) is 4.77. The number of hydrogen-bond acceptors (Lipinski definition) is 1. The highest BCUT2D eigenvalue weighted by Gasteiger charge is 1.87. The van der Waals surface area contributed by atoms with Crippen LogP contribution >= 0.6 is 0 Å². The van der Waals surface area contributed by atoms with Gasteiger partial charge in [0.15, 0.2) is 5.84 Å². The Morgan fingerprint density at radius 3 is 2.60 bits per heavy atom. The number of amidine groups is 1. The number of benzene rings is 1. The van der Waals surface area contributed by atoms with E-state index in [0.29, 0.717) is 5.84 Å². The van der Waals surface area contributed by atoms with Gasteiger partial charge in [0.05, 0.1) is 0 Å². The second-order valence-corrected chi connectivity index (χ2v) is 2.80. The first kappa shape index (κ1) is 11.1. The molecule has 0 radical (unpaired) electrons. The summed E-state index contributed by atoms with van der Waals surface area (Å²) < 4.78 is 0. The van der Waals surface area contributed by atoms with E-state index in [2.05, 4.69) is 16.6 Å². The average Bonchev–Trinajstić information content (AvgIpc) is 2.28. The lowest BCUT2D eigenvalue weighted by atomic mass is 10.2. The lowest BCUT2D eigenvalue weighted by molar-refractivity contribution is 1.52. The fourth-order valence-corrected chi connectivity index (χ4v) is 1.08. The molecular weight excluding hydrogens is 184 g/mol. The van der Waals surface area contributed by atoms with Gasteiger partial charge in [0.25, 0.3) is 0 Å². The minimum Gasteiger partial charge on any atom is -0.242 e. The molecule has 0 N–H and O–H groups in total. The van der Waals surface area contributed by atoms with Crippen LogP contribution in [0.3, 0.4) is 0 Å². The molecule has 0 aliphatic heterocycles. The summed E-state index contributed by atoms with van der Waals surface area (Å²) in [6.07, 6.45) is 7.02. The van der Waals surface area contributed by atoms with Crippen LogP contribution in [0.4, 0.5) is 0 Å². The summed E-state index contributed by atoms with van der Waals surface area (Å²) in [5, 5.41) is 0. The summed E-state index contributed by atoms with van der Waals surface area (Å²) in [4.78, 5) is 8.12. The van der Waals surface area contributed by atoms with E-state index >= 15 is 0 Å². The zero-order valence-electron chi connectivity index (χ0n) is 8.80. The Bertz CT molecular complexity index is 386. The second-order valence-electron chi connectivity index (χ2n) is 2.80. The predicted molar refractivity (Wildman–Crippen MR) is 67.3 cm³/mol. The highest BCUT2D eigenvalue weighted by molar-refractivity contribution is 6.00. The predicted octanol–water partition coefficient (Wildman–Crippen LogP) is 3.33. The molecule has 0 saturated heterocycles. The van der Waals surface area contributed by atoms with E-state index in [-0.39, 0.29) is 0 Å². The molecule has 0 unspecified atom stereocenters. The third-order valence-electron chi connectivity index (χ3n) is 1.71. The van der Waals surface area contributed by atoms with E-state index in [0.717, 1.165) is 5.56 Å². The van der Waals surface area contributed by atoms with Crippen LogP contribution in [0.25, 0.3) is 6.08 Å². The number of rotatable bonds is 3. The van der Waals surface area contributed by atoms with Gasteiger partial charge in [-0.3, -0.25) is 0 Å². The van der Waals surface area contributed by atoms with Gasteiger partial charge in [-0.2, -0.15) is 0 Å². The summed E-state index contributed by atoms with van der Waals surface area (Å²) in [5.41, 5.74) is 1.13. The number of nitrogens with zero attached hydrogens (tertiary/aromatic N) is 2. The van der Waals surface area contributed by atoms with E-state index < -0.39 is 0 Å². The van der Waals surface area contributed by atoms with Gasteiger partial charge in [0.1, 0.15) is 0 Å². The van der Waals surface area contributed by atoms with Gasteiger partial charge in [0.2, 0.25) is 0 Å². The minimum atomic E-state index is 0.649. The molecule has 0 bridgehead atoms. The summed E-state index contributed by atoms with van der Waals surface area (Å²) in [5.74, 6) is 0.649. The van der Waals surface area contributed by atoms with Gasteiger partial charge < -0.3 is 0 Å². The largest absolute Gasteiger partial charge is 0.242 e. The molecule has 1 rings (SSSR count). The molecule has 15 heavy (non-hydrogen) atoms. The molecule has 76 valence electrons. The normalized spacial score (nSPS) is 12.5. The van der Waals surface area contributed by atoms with Gasteiger partial charge in [-0.1, -0.05) is 43.0 Å². The van der Waals surface area contributed by atoms with Crippen molar-refractivity contribution >= 4 is 18.1 Å². The van der Waals surface area contributed by atoms with Gasteiger partial charge >= 0.3 is 0 Å². The molecule has 0 aromatic heterocycles. The zero-order valence-corrected chi connectivity index (χ0v) is 8.80. The standard InChI is InChI=1S/C13H14N2/c1-3-14-13(15-4-2)11-10-12-8-6-5-7-9-12/h3-11H,1H2,2H3/b11-10+,14-13?,15-4?. The van der Waals surface area contributed by atoms with E-state index in [1.54, 1.807) is 6.21 Å². The van der Waals surface area contributed by atoms with Crippen molar-refractivity contribution in [2.24, 2.45) is 9.98 Å². The van der Waals surface area contributed by atoms with Crippen molar-refractivity contribution in [2.75, 3.05) is 0 Å². The third kappa shape index (κ3) is 4.18. The Hall–Kier alpha value is -1.96. The molecule has 1 aromatic carbocycles. The first-order chi connectivity index (χ1) is 7.36. The van der Waals surface area contributed by atoms with Crippen LogP contribution in [0.2, 0.25) is 0 Å². The van der Waals surface area contributed by atoms with E-state index in [1.165, 1.54) is 6.20 Å². The second kappa shape index (κ2) is 6.49. The Morgan fingerprint density at radius 1 is 1.27 bits per heavy atom. The van der Waals surface area contributed by atoms with Crippen molar-refractivity contribution in [2.45, 2.75) is 6.92 Å². The molecule has 0 fully saturated rings. The number of hydrogen-bond donors (Lipinski definition) is 0. The topological polar surface area (TPSA) is 24.7 Å². The molecular formula is C13H14N2. The maximum atomic E-state index is 4.10. The van der Waals surface area contributed by atoms with Crippen LogP contribution < -0.4 is 0 Å². The smallest absolute Gasteiger partial charge is 0.151 e. The quantitative estimate of drug-likeness (QED) is 0.525. The molecule has 0 atom stereocenters. The summed E-state index contributed by atoms with van der Waals surface area (Å²) in [7, 11) is 0. The zero-order chi connectivity index (χ0) is 10.9. The lowest BCUT2D eigenvalue weighted by Crippen LogP contribution is -1.86. The van der Waals surface area contributed by atoms with Crippen LogP contribution in [-0.2, 0) is 0 Å². The Balaban J connectivity index is 2.79. The summed E-state index contributed by atoms with van der Waals surface area (Å²) >= 11 is 0. The van der Waals surface area contributed by atoms with Gasteiger partial charge in [0, 0.05) is 12.4 Å². The monoisotopic (exact) mass is 198 g/mol. The van der Waals surface area contributed by atoms with Gasteiger partial charge in [-0.05, 0) is 18.6 Å². The summed E-state index contributed by atoms with van der Waals surface area (Å²) in [6.45, 7) is 5.40. The van der Waals surface area contributed by atoms with Crippen LogP contribution in [-0.4, -0.2) is 12.1 Å². The van der Waals surface area contributed by atoms with Crippen molar-refractivity contribution in [1.82, 2.24) is 0 Å². The average molecular weight is 198 g/mol. The minimum absolute atomic E-state index is 0.649. The van der Waals surface area contributed by atoms with E-state index in [4.69, 9.17) is 0 Å². The third-order valence-corrected chi connectivity index (χ3v) is 1.71. The van der Waals surface area contributed by atoms with Crippen LogP contribution in [0.5, 0.6) is 0 Å². The maximum Gasteiger partial charge on any atom is 0.151 e. The van der Waals surface area contributed by atoms with Crippen LogP contribution in [0.15, 0.2) is 59.2 Å². The molecule has 0 aliphatic rings. The Morgan fingerprint density at radius 2 is 2.00 bits per heavy atom. The van der Waals surface area contributed by atoms with Crippen LogP contribution in [0.1, 0.15) is 12.5 Å². The molecule has 0 aliphatic carbocycles. The molecule has 1 aromatic rings. The number of aliphatic imine (C=N–C) groups is 2. The fourth-order valence-electron chi connectivity index (χ4n) is 1.08. The Labute approximate surface area is 90.4 Å². The highest BCUT2D eigenvalue weighted by atomic mass is 14.9. The van der Waals surface area contributed by atoms with Crippen molar-refractivity contribution in [3.8, 4) is 0 Å². The summed E-state index contributed by atoms with van der Waals surface area (Å²) in [6, 6.07) is 10.0. The maximum absolute atomic E-state index is 4.10. The molecule has 0 heterocycles. The van der Waals surface area contributed by atoms with Crippen molar-refractivity contribution in [3.63, 3.8) is 0 Å². The molecule has 0 saturated carbocycles. The van der Waals surface area contributed by atoms with Crippen molar-refractivity contribution in [3.05, 3.63) is 54.8 Å². The van der Waals surface area contributed by atoms with E-state index in [1.807, 2.05) is 49.4 Å². The SMILES string of the molecule is C=CN=C(/C=C/c1ccccc1)N=CC.